The molecule has 31 heavy (non-hydrogen) atoms. The van der Waals surface area contributed by atoms with Gasteiger partial charge in [-0.15, -0.1) is 0 Å². The van der Waals surface area contributed by atoms with Gasteiger partial charge in [0.2, 0.25) is 0 Å². The lowest BCUT2D eigenvalue weighted by Crippen LogP contribution is -2.39. The fraction of sp³-hybridized carbons (Fsp3) is 0.346. The molecule has 1 aliphatic carbocycles. The molecule has 0 spiro atoms. The van der Waals surface area contributed by atoms with E-state index in [0.29, 0.717) is 29.1 Å². The van der Waals surface area contributed by atoms with E-state index in [4.69, 9.17) is 9.73 Å². The number of aryl methyl sites for hydroxylation is 1. The van der Waals surface area contributed by atoms with Crippen LogP contribution in [0.3, 0.4) is 0 Å². The second-order valence-electron chi connectivity index (χ2n) is 8.13. The number of carbonyl (C=O) groups is 2. The fourth-order valence-corrected chi connectivity index (χ4v) is 4.67. The summed E-state index contributed by atoms with van der Waals surface area (Å²) < 4.78 is 5.39. The van der Waals surface area contributed by atoms with Crippen molar-refractivity contribution in [3.63, 3.8) is 0 Å². The first-order valence-corrected chi connectivity index (χ1v) is 10.9. The van der Waals surface area contributed by atoms with Gasteiger partial charge in [0.1, 0.15) is 11.5 Å². The maximum Gasteiger partial charge on any atom is 0.254 e. The lowest BCUT2D eigenvalue weighted by Gasteiger charge is -2.36. The third-order valence-electron chi connectivity index (χ3n) is 6.25. The topological polar surface area (TPSA) is 67.8 Å². The Bertz CT molecular complexity index is 1070. The van der Waals surface area contributed by atoms with Crippen molar-refractivity contribution in [2.75, 3.05) is 12.4 Å². The number of aliphatic imine (C=N–C) groups is 1. The molecule has 1 unspecified atom stereocenters. The van der Waals surface area contributed by atoms with Gasteiger partial charge in [-0.2, -0.15) is 0 Å². The van der Waals surface area contributed by atoms with Crippen molar-refractivity contribution < 1.29 is 14.3 Å². The number of amides is 1. The van der Waals surface area contributed by atoms with Crippen LogP contribution in [0.1, 0.15) is 50.2 Å². The monoisotopic (exact) mass is 416 g/mol. The van der Waals surface area contributed by atoms with Crippen LogP contribution in [0.15, 0.2) is 64.8 Å². The number of ketones is 1. The number of carbonyl (C=O) groups excluding carboxylic acids is 2. The molecule has 1 amide bonds. The Balaban J connectivity index is 1.78. The summed E-state index contributed by atoms with van der Waals surface area (Å²) in [5.41, 5.74) is 4.95. The predicted octanol–water partition coefficient (Wildman–Crippen LogP) is 5.08. The largest absolute Gasteiger partial charge is 0.495 e. The summed E-state index contributed by atoms with van der Waals surface area (Å²) >= 11 is 0. The number of methoxy groups -OCH3 is 1. The standard InChI is InChI=1S/C26H28N2O3/c1-4-17-12-14-18(15-13-17)24-23(16(2)27-20-9-7-10-21(29)25(20)24)26(30)28-19-8-5-6-11-22(19)31-3/h5-6,8,11-15,24-25H,4,7,9-10H2,1-3H3,(H,28,30)/t24-,25?/m0/s1. The molecule has 0 radical (unpaired) electrons. The van der Waals surface area contributed by atoms with Crippen molar-refractivity contribution in [3.8, 4) is 5.75 Å². The number of nitrogens with one attached hydrogen (secondary N) is 1. The molecule has 2 atom stereocenters. The molecule has 5 heteroatoms. The van der Waals surface area contributed by atoms with E-state index in [1.54, 1.807) is 19.2 Å². The summed E-state index contributed by atoms with van der Waals surface area (Å²) in [5.74, 6) is -0.187. The molecule has 0 bridgehead atoms. The van der Waals surface area contributed by atoms with E-state index in [2.05, 4.69) is 36.5 Å². The third kappa shape index (κ3) is 4.05. The lowest BCUT2D eigenvalue weighted by atomic mass is 9.69. The van der Waals surface area contributed by atoms with Crippen LogP contribution in [0.2, 0.25) is 0 Å². The van der Waals surface area contributed by atoms with E-state index < -0.39 is 0 Å². The SMILES string of the molecule is CCc1ccc([C@H]2C(C(=O)Nc3ccccc3OC)=C(C)N=C3CCCC(=O)C32)cc1. The number of allylic oxidation sites excluding steroid dienone is 1. The molecule has 4 rings (SSSR count). The summed E-state index contributed by atoms with van der Waals surface area (Å²) in [5, 5.41) is 2.99. The molecule has 0 saturated heterocycles. The molecule has 2 aliphatic rings. The van der Waals surface area contributed by atoms with Crippen molar-refractivity contribution in [1.29, 1.82) is 0 Å². The second-order valence-corrected chi connectivity index (χ2v) is 8.13. The summed E-state index contributed by atoms with van der Waals surface area (Å²) in [4.78, 5) is 31.3. The Labute approximate surface area is 183 Å². The zero-order valence-corrected chi connectivity index (χ0v) is 18.3. The van der Waals surface area contributed by atoms with Gasteiger partial charge in [0.05, 0.1) is 18.7 Å². The van der Waals surface area contributed by atoms with Gasteiger partial charge in [-0.25, -0.2) is 0 Å². The Morgan fingerprint density at radius 2 is 1.84 bits per heavy atom. The van der Waals surface area contributed by atoms with Gasteiger partial charge in [-0.1, -0.05) is 43.3 Å². The third-order valence-corrected chi connectivity index (χ3v) is 6.25. The smallest absolute Gasteiger partial charge is 0.254 e. The number of fused-ring (bicyclic) bond motifs is 1. The molecular weight excluding hydrogens is 388 g/mol. The predicted molar refractivity (Wildman–Crippen MR) is 123 cm³/mol. The Kier molecular flexibility index (Phi) is 6.03. The van der Waals surface area contributed by atoms with Crippen molar-refractivity contribution >= 4 is 23.1 Å². The normalized spacial score (nSPS) is 20.7. The highest BCUT2D eigenvalue weighted by atomic mass is 16.5. The van der Waals surface area contributed by atoms with Gasteiger partial charge in [-0.05, 0) is 49.4 Å². The van der Waals surface area contributed by atoms with Gasteiger partial charge in [0.15, 0.2) is 0 Å². The zero-order chi connectivity index (χ0) is 22.0. The number of para-hydroxylation sites is 2. The highest BCUT2D eigenvalue weighted by Gasteiger charge is 2.43. The van der Waals surface area contributed by atoms with E-state index in [-0.39, 0.29) is 23.5 Å². The van der Waals surface area contributed by atoms with Crippen molar-refractivity contribution in [2.24, 2.45) is 10.9 Å². The van der Waals surface area contributed by atoms with E-state index in [1.165, 1.54) is 5.56 Å². The first-order chi connectivity index (χ1) is 15.0. The quantitative estimate of drug-likeness (QED) is 0.739. The van der Waals surface area contributed by atoms with Crippen molar-refractivity contribution in [1.82, 2.24) is 0 Å². The van der Waals surface area contributed by atoms with Crippen LogP contribution in [0.25, 0.3) is 0 Å². The number of anilines is 1. The summed E-state index contributed by atoms with van der Waals surface area (Å²) in [7, 11) is 1.57. The Morgan fingerprint density at radius 1 is 1.10 bits per heavy atom. The average Bonchev–Trinajstić information content (AvgIpc) is 2.78. The molecule has 0 aromatic heterocycles. The molecule has 2 aromatic rings. The van der Waals surface area contributed by atoms with Crippen LogP contribution in [0.4, 0.5) is 5.69 Å². The van der Waals surface area contributed by atoms with Gasteiger partial charge in [0.25, 0.3) is 5.91 Å². The first-order valence-electron chi connectivity index (χ1n) is 10.9. The molecule has 1 fully saturated rings. The van der Waals surface area contributed by atoms with Crippen LogP contribution < -0.4 is 10.1 Å². The summed E-state index contributed by atoms with van der Waals surface area (Å²) in [6.07, 6.45) is 3.11. The summed E-state index contributed by atoms with van der Waals surface area (Å²) in [6, 6.07) is 15.6. The highest BCUT2D eigenvalue weighted by molar-refractivity contribution is 6.14. The maximum absolute atomic E-state index is 13.5. The van der Waals surface area contributed by atoms with Crippen molar-refractivity contribution in [2.45, 2.75) is 45.4 Å². The fourth-order valence-electron chi connectivity index (χ4n) is 4.67. The maximum atomic E-state index is 13.5. The minimum Gasteiger partial charge on any atom is -0.495 e. The molecule has 1 saturated carbocycles. The number of hydrogen-bond donors (Lipinski definition) is 1. The van der Waals surface area contributed by atoms with Gasteiger partial charge < -0.3 is 10.1 Å². The average molecular weight is 417 g/mol. The van der Waals surface area contributed by atoms with Crippen LogP contribution >= 0.6 is 0 Å². The van der Waals surface area contributed by atoms with E-state index >= 15 is 0 Å². The number of nitrogens with zero attached hydrogens (tertiary/aromatic N) is 1. The van der Waals surface area contributed by atoms with E-state index in [9.17, 15) is 9.59 Å². The number of ether oxygens (including phenoxy) is 1. The van der Waals surface area contributed by atoms with Crippen LogP contribution in [-0.4, -0.2) is 24.5 Å². The van der Waals surface area contributed by atoms with Crippen molar-refractivity contribution in [3.05, 3.63) is 70.9 Å². The molecule has 1 aliphatic heterocycles. The highest BCUT2D eigenvalue weighted by Crippen LogP contribution is 2.43. The zero-order valence-electron chi connectivity index (χ0n) is 18.3. The van der Waals surface area contributed by atoms with Gasteiger partial charge in [0, 0.05) is 29.3 Å². The van der Waals surface area contributed by atoms with E-state index in [0.717, 1.165) is 30.5 Å². The molecule has 5 nitrogen and oxygen atoms in total. The first kappa shape index (κ1) is 21.0. The number of hydrogen-bond acceptors (Lipinski definition) is 4. The molecule has 160 valence electrons. The van der Waals surface area contributed by atoms with Gasteiger partial charge >= 0.3 is 0 Å². The number of rotatable bonds is 5. The van der Waals surface area contributed by atoms with Gasteiger partial charge in [-0.3, -0.25) is 14.6 Å². The van der Waals surface area contributed by atoms with Crippen LogP contribution in [0, 0.1) is 5.92 Å². The lowest BCUT2D eigenvalue weighted by molar-refractivity contribution is -0.122. The molecule has 1 N–H and O–H groups in total. The van der Waals surface area contributed by atoms with Crippen LogP contribution in [0.5, 0.6) is 5.75 Å². The Hall–Kier alpha value is -3.21. The van der Waals surface area contributed by atoms with Crippen LogP contribution in [-0.2, 0) is 16.0 Å². The molecular formula is C26H28N2O3. The molecule has 1 heterocycles. The minimum absolute atomic E-state index is 0.171. The number of Topliss-reactive ketones (excluding diaryl/α,β-unsaturated/α-hetero) is 1. The van der Waals surface area contributed by atoms with E-state index in [1.807, 2.05) is 19.1 Å². The second kappa shape index (κ2) is 8.88. The number of benzene rings is 2. The Morgan fingerprint density at radius 3 is 2.55 bits per heavy atom. The summed E-state index contributed by atoms with van der Waals surface area (Å²) in [6.45, 7) is 3.98. The molecule has 2 aromatic carbocycles. The minimum atomic E-state index is -0.372.